The van der Waals surface area contributed by atoms with E-state index < -0.39 is 28.5 Å². The lowest BCUT2D eigenvalue weighted by molar-refractivity contribution is -0.123. The van der Waals surface area contributed by atoms with Crippen LogP contribution >= 0.6 is 0 Å². The van der Waals surface area contributed by atoms with Crippen LogP contribution in [-0.2, 0) is 21.5 Å². The summed E-state index contributed by atoms with van der Waals surface area (Å²) in [6.45, 7) is 6.93. The molecule has 1 atom stereocenters. The van der Waals surface area contributed by atoms with Crippen molar-refractivity contribution in [3.8, 4) is 23.0 Å². The second-order valence-corrected chi connectivity index (χ2v) is 9.75. The molecule has 196 valence electrons. The third-order valence-electron chi connectivity index (χ3n) is 7.48. The second kappa shape index (κ2) is 8.79. The van der Waals surface area contributed by atoms with Gasteiger partial charge in [-0.05, 0) is 52.0 Å². The van der Waals surface area contributed by atoms with Crippen molar-refractivity contribution in [3.63, 3.8) is 0 Å². The number of ketones is 3. The molecule has 9 heteroatoms. The summed E-state index contributed by atoms with van der Waals surface area (Å²) in [5, 5.41) is 25.6. The lowest BCUT2D eigenvalue weighted by Gasteiger charge is -2.29. The monoisotopic (exact) mass is 516 g/mol. The number of methoxy groups -OCH3 is 1. The van der Waals surface area contributed by atoms with E-state index in [9.17, 15) is 24.6 Å². The van der Waals surface area contributed by atoms with Gasteiger partial charge in [-0.3, -0.25) is 14.4 Å². The van der Waals surface area contributed by atoms with E-state index in [-0.39, 0.29) is 39.5 Å². The molecule has 3 aromatic rings. The molecule has 9 nitrogen and oxygen atoms in total. The van der Waals surface area contributed by atoms with Crippen LogP contribution in [0, 0.1) is 6.92 Å². The fourth-order valence-corrected chi connectivity index (χ4v) is 5.31. The van der Waals surface area contributed by atoms with Crippen molar-refractivity contribution < 1.29 is 34.1 Å². The van der Waals surface area contributed by atoms with Gasteiger partial charge < -0.3 is 29.6 Å². The molecule has 1 aliphatic carbocycles. The first-order valence-electron chi connectivity index (χ1n) is 12.2. The number of fused-ring (bicyclic) bond motifs is 4. The molecule has 2 aromatic carbocycles. The fraction of sp³-hybridized carbons (Fsp3) is 0.276. The number of allylic oxidation sites excluding steroid dienone is 4. The van der Waals surface area contributed by atoms with E-state index in [2.05, 4.69) is 9.88 Å². The van der Waals surface area contributed by atoms with Crippen LogP contribution in [0.25, 0.3) is 10.9 Å². The maximum atomic E-state index is 13.9. The highest BCUT2D eigenvalue weighted by atomic mass is 16.5. The van der Waals surface area contributed by atoms with E-state index in [1.165, 1.54) is 19.9 Å². The highest BCUT2D eigenvalue weighted by Crippen LogP contribution is 2.57. The van der Waals surface area contributed by atoms with Gasteiger partial charge in [-0.25, -0.2) is 0 Å². The number of hydrogen-bond acceptors (Lipinski definition) is 8. The van der Waals surface area contributed by atoms with Crippen molar-refractivity contribution in [2.24, 2.45) is 0 Å². The first kappa shape index (κ1) is 25.1. The summed E-state index contributed by atoms with van der Waals surface area (Å²) < 4.78 is 13.1. The molecule has 0 saturated carbocycles. The maximum absolute atomic E-state index is 13.9. The molecule has 2 aliphatic rings. The number of benzene rings is 2. The zero-order valence-corrected chi connectivity index (χ0v) is 21.8. The molecule has 5 rings (SSSR count). The Morgan fingerprint density at radius 3 is 2.58 bits per heavy atom. The lowest BCUT2D eigenvalue weighted by Crippen LogP contribution is -2.41. The second-order valence-electron chi connectivity index (χ2n) is 9.75. The summed E-state index contributed by atoms with van der Waals surface area (Å²) in [6.07, 6.45) is 3.17. The number of Topliss-reactive ketones (excluding diaryl/α,β-unsaturated/α-hetero) is 2. The quantitative estimate of drug-likeness (QED) is 0.256. The highest BCUT2D eigenvalue weighted by Gasteiger charge is 2.56. The minimum Gasteiger partial charge on any atom is -0.507 e. The molecule has 0 unspecified atom stereocenters. The third-order valence-corrected chi connectivity index (χ3v) is 7.48. The summed E-state index contributed by atoms with van der Waals surface area (Å²) in [7, 11) is 1.62. The molecule has 2 heterocycles. The van der Waals surface area contributed by atoms with Gasteiger partial charge in [0, 0.05) is 47.5 Å². The van der Waals surface area contributed by atoms with Crippen LogP contribution in [0.15, 0.2) is 53.6 Å². The Morgan fingerprint density at radius 1 is 1.16 bits per heavy atom. The highest BCUT2D eigenvalue weighted by molar-refractivity contribution is 6.31. The number of aromatic nitrogens is 1. The molecule has 0 amide bonds. The van der Waals surface area contributed by atoms with Gasteiger partial charge in [0.25, 0.3) is 0 Å². The van der Waals surface area contributed by atoms with E-state index in [4.69, 9.17) is 9.47 Å². The molecule has 0 bridgehead atoms. The number of aromatic hydroxyl groups is 2. The zero-order valence-electron chi connectivity index (χ0n) is 21.8. The van der Waals surface area contributed by atoms with Gasteiger partial charge >= 0.3 is 0 Å². The predicted molar refractivity (Wildman–Crippen MR) is 140 cm³/mol. The van der Waals surface area contributed by atoms with Crippen LogP contribution in [-0.4, -0.2) is 45.8 Å². The van der Waals surface area contributed by atoms with Crippen molar-refractivity contribution in [2.45, 2.75) is 39.7 Å². The fourth-order valence-electron chi connectivity index (χ4n) is 5.31. The van der Waals surface area contributed by atoms with Crippen LogP contribution in [0.4, 0.5) is 0 Å². The van der Waals surface area contributed by atoms with Gasteiger partial charge in [0.05, 0.1) is 18.2 Å². The molecule has 3 N–H and O–H groups in total. The van der Waals surface area contributed by atoms with Gasteiger partial charge in [0.2, 0.25) is 0 Å². The zero-order chi connectivity index (χ0) is 27.5. The molecule has 0 fully saturated rings. The van der Waals surface area contributed by atoms with Crippen molar-refractivity contribution in [2.75, 3.05) is 13.7 Å². The summed E-state index contributed by atoms with van der Waals surface area (Å²) in [5.41, 5.74) is -0.178. The number of nitrogens with zero attached hydrogens (tertiary/aromatic N) is 1. The summed E-state index contributed by atoms with van der Waals surface area (Å²) in [6, 6.07) is 7.80. The standard InChI is InChI=1S/C29H28N2O7/c1-14-25(34)23(16(3)32)27-24(26(14)35)29(4)21(38-27)13-20(33)22(28(29)36)15(2)30-9-11-31-10-8-17-12-18(37-5)6-7-19(17)31/h6-8,10,12-13,30,34-35H,9,11H2,1-5H3/b22-15+/t29-/m0/s1. The third kappa shape index (κ3) is 3.49. The number of carbonyl (C=O) groups excluding carboxylic acids is 3. The maximum Gasteiger partial charge on any atom is 0.194 e. The number of phenols is 2. The van der Waals surface area contributed by atoms with Gasteiger partial charge in [-0.2, -0.15) is 0 Å². The Morgan fingerprint density at radius 2 is 1.89 bits per heavy atom. The minimum absolute atomic E-state index is 0.0103. The average Bonchev–Trinajstić information content (AvgIpc) is 3.41. The SMILES string of the molecule is COc1ccc2c(ccn2CCN/C(C)=C2\C(=O)C=C3Oc4c(C(C)=O)c(O)c(C)c(O)c4[C@@]3(C)C2=O)c1. The Labute approximate surface area is 219 Å². The van der Waals surface area contributed by atoms with Crippen molar-refractivity contribution in [3.05, 3.63) is 70.3 Å². The number of phenolic OH excluding ortho intramolecular Hbond substituents is 2. The van der Waals surface area contributed by atoms with Gasteiger partial charge in [0.15, 0.2) is 17.3 Å². The van der Waals surface area contributed by atoms with E-state index in [1.54, 1.807) is 21.0 Å². The molecule has 0 radical (unpaired) electrons. The van der Waals surface area contributed by atoms with Crippen LogP contribution < -0.4 is 14.8 Å². The largest absolute Gasteiger partial charge is 0.507 e. The number of rotatable bonds is 6. The smallest absolute Gasteiger partial charge is 0.194 e. The summed E-state index contributed by atoms with van der Waals surface area (Å²) in [5.74, 6) is -1.67. The Balaban J connectivity index is 1.47. The number of ether oxygens (including phenoxy) is 2. The van der Waals surface area contributed by atoms with E-state index in [1.807, 2.05) is 30.5 Å². The van der Waals surface area contributed by atoms with Crippen LogP contribution in [0.3, 0.4) is 0 Å². The summed E-state index contributed by atoms with van der Waals surface area (Å²) >= 11 is 0. The lowest BCUT2D eigenvalue weighted by atomic mass is 9.70. The number of hydrogen-bond donors (Lipinski definition) is 3. The molecule has 1 aliphatic heterocycles. The molecule has 0 saturated heterocycles. The van der Waals surface area contributed by atoms with Crippen molar-refractivity contribution in [1.82, 2.24) is 9.88 Å². The molecule has 1 aromatic heterocycles. The molecule has 38 heavy (non-hydrogen) atoms. The molecular formula is C29H28N2O7. The topological polar surface area (TPSA) is 127 Å². The van der Waals surface area contributed by atoms with Gasteiger partial charge in [0.1, 0.15) is 39.7 Å². The van der Waals surface area contributed by atoms with E-state index >= 15 is 0 Å². The first-order chi connectivity index (χ1) is 18.0. The number of carbonyl (C=O) groups is 3. The Kier molecular flexibility index (Phi) is 5.82. The minimum atomic E-state index is -1.54. The van der Waals surface area contributed by atoms with Crippen LogP contribution in [0.1, 0.15) is 42.3 Å². The average molecular weight is 517 g/mol. The van der Waals surface area contributed by atoms with Crippen molar-refractivity contribution in [1.29, 1.82) is 0 Å². The Hall–Kier alpha value is -4.53. The van der Waals surface area contributed by atoms with Gasteiger partial charge in [-0.15, -0.1) is 0 Å². The normalized spacial score (nSPS) is 19.6. The van der Waals surface area contributed by atoms with E-state index in [0.29, 0.717) is 18.8 Å². The summed E-state index contributed by atoms with van der Waals surface area (Å²) in [4.78, 5) is 39.3. The Bertz CT molecular complexity index is 1630. The predicted octanol–water partition coefficient (Wildman–Crippen LogP) is 3.82. The number of nitrogens with one attached hydrogen (secondary N) is 1. The first-order valence-corrected chi connectivity index (χ1v) is 12.2. The van der Waals surface area contributed by atoms with Crippen LogP contribution in [0.5, 0.6) is 23.0 Å². The molecular weight excluding hydrogens is 488 g/mol. The molecule has 0 spiro atoms. The van der Waals surface area contributed by atoms with Crippen molar-refractivity contribution >= 4 is 28.3 Å². The van der Waals surface area contributed by atoms with E-state index in [0.717, 1.165) is 16.7 Å². The van der Waals surface area contributed by atoms with Gasteiger partial charge in [-0.1, -0.05) is 0 Å². The van der Waals surface area contributed by atoms with Crippen LogP contribution in [0.2, 0.25) is 0 Å².